The largest absolute Gasteiger partial charge is 0.494 e. The van der Waals surface area contributed by atoms with Crippen LogP contribution in [-0.4, -0.2) is 20.9 Å². The minimum Gasteiger partial charge on any atom is -0.494 e. The molecule has 4 aromatic carbocycles. The lowest BCUT2D eigenvalue weighted by Gasteiger charge is -2.14. The zero-order chi connectivity index (χ0) is 27.3. The molecule has 196 valence electrons. The number of rotatable bonds is 9. The maximum Gasteiger partial charge on any atom is 0.263 e. The van der Waals surface area contributed by atoms with Crippen molar-refractivity contribution in [1.29, 1.82) is 0 Å². The van der Waals surface area contributed by atoms with Gasteiger partial charge in [-0.15, -0.1) is 0 Å². The van der Waals surface area contributed by atoms with E-state index in [1.165, 1.54) is 17.8 Å². The summed E-state index contributed by atoms with van der Waals surface area (Å²) in [5, 5.41) is 3.33. The molecular formula is C27H21Cl3N2O4S2. The predicted molar refractivity (Wildman–Crippen MR) is 155 cm³/mol. The molecule has 0 heterocycles. The predicted octanol–water partition coefficient (Wildman–Crippen LogP) is 8.25. The van der Waals surface area contributed by atoms with Crippen LogP contribution in [0.25, 0.3) is 0 Å². The molecule has 1 amide bonds. The van der Waals surface area contributed by atoms with Gasteiger partial charge in [-0.1, -0.05) is 58.7 Å². The molecule has 0 bridgehead atoms. The van der Waals surface area contributed by atoms with Gasteiger partial charge in [0.2, 0.25) is 0 Å². The Balaban J connectivity index is 1.58. The van der Waals surface area contributed by atoms with Crippen molar-refractivity contribution in [3.05, 3.63) is 106 Å². The average Bonchev–Trinajstić information content (AvgIpc) is 2.87. The number of carbonyl (C=O) groups is 1. The zero-order valence-electron chi connectivity index (χ0n) is 19.9. The van der Waals surface area contributed by atoms with Crippen LogP contribution in [0.5, 0.6) is 5.75 Å². The molecule has 0 radical (unpaired) electrons. The van der Waals surface area contributed by atoms with E-state index >= 15 is 0 Å². The summed E-state index contributed by atoms with van der Waals surface area (Å²) >= 11 is 20.0. The number of benzene rings is 4. The van der Waals surface area contributed by atoms with Gasteiger partial charge < -0.3 is 10.1 Å². The average molecular weight is 608 g/mol. The van der Waals surface area contributed by atoms with Gasteiger partial charge in [0, 0.05) is 20.5 Å². The van der Waals surface area contributed by atoms with Gasteiger partial charge in [-0.05, 0) is 79.7 Å². The van der Waals surface area contributed by atoms with E-state index in [-0.39, 0.29) is 20.5 Å². The SMILES string of the molecule is CCOc1ccc(NS(=O)(=O)c2cc(C(=O)Nc3ccccc3Sc3ccc(Cl)cc3)c(Cl)cc2Cl)cc1. The van der Waals surface area contributed by atoms with Gasteiger partial charge in [0.25, 0.3) is 15.9 Å². The molecule has 4 aromatic rings. The normalized spacial score (nSPS) is 11.2. The number of ether oxygens (including phenoxy) is 1. The van der Waals surface area contributed by atoms with Gasteiger partial charge in [0.05, 0.1) is 27.9 Å². The third-order valence-corrected chi connectivity index (χ3v) is 8.64. The van der Waals surface area contributed by atoms with E-state index in [1.54, 1.807) is 48.5 Å². The Morgan fingerprint density at radius 3 is 2.26 bits per heavy atom. The minimum atomic E-state index is -4.14. The van der Waals surface area contributed by atoms with E-state index in [0.29, 0.717) is 28.8 Å². The molecule has 2 N–H and O–H groups in total. The first-order valence-corrected chi connectivity index (χ1v) is 14.7. The number of hydrogen-bond donors (Lipinski definition) is 2. The summed E-state index contributed by atoms with van der Waals surface area (Å²) in [4.78, 5) is 14.7. The number of carbonyl (C=O) groups excluding carboxylic acids is 1. The second-order valence-corrected chi connectivity index (χ2v) is 11.8. The lowest BCUT2D eigenvalue weighted by Crippen LogP contribution is -2.17. The van der Waals surface area contributed by atoms with Gasteiger partial charge in [-0.25, -0.2) is 8.42 Å². The van der Waals surface area contributed by atoms with E-state index in [9.17, 15) is 13.2 Å². The number of sulfonamides is 1. The second kappa shape index (κ2) is 12.3. The molecule has 0 aliphatic rings. The maximum absolute atomic E-state index is 13.2. The summed E-state index contributed by atoms with van der Waals surface area (Å²) in [6.07, 6.45) is 0. The molecule has 0 saturated carbocycles. The molecule has 4 rings (SSSR count). The van der Waals surface area contributed by atoms with Crippen LogP contribution in [0, 0.1) is 0 Å². The summed E-state index contributed by atoms with van der Waals surface area (Å²) < 4.78 is 34.1. The lowest BCUT2D eigenvalue weighted by molar-refractivity contribution is 0.102. The van der Waals surface area contributed by atoms with Crippen LogP contribution < -0.4 is 14.8 Å². The first kappa shape index (κ1) is 28.1. The van der Waals surface area contributed by atoms with Crippen molar-refractivity contribution in [3.63, 3.8) is 0 Å². The fourth-order valence-corrected chi connectivity index (χ4v) is 6.33. The van der Waals surface area contributed by atoms with Gasteiger partial charge in [0.15, 0.2) is 0 Å². The highest BCUT2D eigenvalue weighted by atomic mass is 35.5. The zero-order valence-corrected chi connectivity index (χ0v) is 23.8. The highest BCUT2D eigenvalue weighted by Gasteiger charge is 2.23. The van der Waals surface area contributed by atoms with Crippen molar-refractivity contribution in [2.75, 3.05) is 16.6 Å². The third kappa shape index (κ3) is 6.95. The standard InChI is InChI=1S/C27H21Cl3N2O4S2/c1-2-36-19-11-9-18(10-12-19)32-38(34,35)26-15-21(22(29)16-23(26)30)27(33)31-24-5-3-4-6-25(24)37-20-13-7-17(28)8-14-20/h3-16,32H,2H2,1H3,(H,31,33). The second-order valence-electron chi connectivity index (χ2n) is 7.83. The van der Waals surface area contributed by atoms with Gasteiger partial charge in [-0.2, -0.15) is 0 Å². The summed E-state index contributed by atoms with van der Waals surface area (Å²) in [5.41, 5.74) is 0.786. The van der Waals surface area contributed by atoms with E-state index in [1.807, 2.05) is 31.2 Å². The van der Waals surface area contributed by atoms with Gasteiger partial charge >= 0.3 is 0 Å². The van der Waals surface area contributed by atoms with Crippen LogP contribution in [-0.2, 0) is 10.0 Å². The maximum atomic E-state index is 13.2. The molecule has 0 fully saturated rings. The molecule has 38 heavy (non-hydrogen) atoms. The molecule has 0 atom stereocenters. The molecule has 0 aliphatic heterocycles. The monoisotopic (exact) mass is 606 g/mol. The first-order valence-electron chi connectivity index (χ1n) is 11.2. The Labute approximate surface area is 240 Å². The summed E-state index contributed by atoms with van der Waals surface area (Å²) in [5.74, 6) is 0.0155. The van der Waals surface area contributed by atoms with E-state index < -0.39 is 15.9 Å². The van der Waals surface area contributed by atoms with E-state index in [0.717, 1.165) is 15.9 Å². The van der Waals surface area contributed by atoms with Crippen LogP contribution in [0.2, 0.25) is 15.1 Å². The van der Waals surface area contributed by atoms with Crippen molar-refractivity contribution in [2.24, 2.45) is 0 Å². The minimum absolute atomic E-state index is 0.00959. The fraction of sp³-hybridized carbons (Fsp3) is 0.0741. The quantitative estimate of drug-likeness (QED) is 0.200. The Bertz CT molecular complexity index is 1560. The highest BCUT2D eigenvalue weighted by Crippen LogP contribution is 2.35. The number of anilines is 2. The highest BCUT2D eigenvalue weighted by molar-refractivity contribution is 7.99. The van der Waals surface area contributed by atoms with Crippen molar-refractivity contribution >= 4 is 73.9 Å². The van der Waals surface area contributed by atoms with E-state index in [2.05, 4.69) is 10.0 Å². The van der Waals surface area contributed by atoms with Gasteiger partial charge in [0.1, 0.15) is 10.6 Å². The van der Waals surface area contributed by atoms with Crippen molar-refractivity contribution < 1.29 is 17.9 Å². The van der Waals surface area contributed by atoms with Crippen LogP contribution in [0.1, 0.15) is 17.3 Å². The summed E-state index contributed by atoms with van der Waals surface area (Å²) in [7, 11) is -4.14. The molecule has 6 nitrogen and oxygen atoms in total. The van der Waals surface area contributed by atoms with Crippen molar-refractivity contribution in [3.8, 4) is 5.75 Å². The molecule has 0 saturated heterocycles. The number of halogens is 3. The molecular weight excluding hydrogens is 587 g/mol. The van der Waals surface area contributed by atoms with Crippen LogP contribution >= 0.6 is 46.6 Å². The van der Waals surface area contributed by atoms with Crippen molar-refractivity contribution in [1.82, 2.24) is 0 Å². The lowest BCUT2D eigenvalue weighted by atomic mass is 10.2. The number of hydrogen-bond acceptors (Lipinski definition) is 5. The van der Waals surface area contributed by atoms with Gasteiger partial charge in [-0.3, -0.25) is 9.52 Å². The third-order valence-electron chi connectivity index (χ3n) is 5.15. The molecule has 0 aromatic heterocycles. The van der Waals surface area contributed by atoms with Crippen LogP contribution in [0.3, 0.4) is 0 Å². The van der Waals surface area contributed by atoms with Crippen molar-refractivity contribution in [2.45, 2.75) is 21.6 Å². The summed E-state index contributed by atoms with van der Waals surface area (Å²) in [6, 6.07) is 23.3. The Hall–Kier alpha value is -2.88. The molecule has 0 aliphatic carbocycles. The Morgan fingerprint density at radius 2 is 1.58 bits per heavy atom. The molecule has 0 spiro atoms. The first-order chi connectivity index (χ1) is 18.2. The smallest absolute Gasteiger partial charge is 0.263 e. The number of para-hydroxylation sites is 1. The Morgan fingerprint density at radius 1 is 0.895 bits per heavy atom. The summed E-state index contributed by atoms with van der Waals surface area (Å²) in [6.45, 7) is 2.34. The fourth-order valence-electron chi connectivity index (χ4n) is 3.38. The molecule has 11 heteroatoms. The number of amides is 1. The van der Waals surface area contributed by atoms with Crippen LogP contribution in [0.15, 0.2) is 99.6 Å². The molecule has 0 unspecified atom stereocenters. The Kier molecular flexibility index (Phi) is 9.12. The van der Waals surface area contributed by atoms with Crippen LogP contribution in [0.4, 0.5) is 11.4 Å². The van der Waals surface area contributed by atoms with E-state index in [4.69, 9.17) is 39.5 Å². The topological polar surface area (TPSA) is 84.5 Å². The number of nitrogens with one attached hydrogen (secondary N) is 2.